The zero-order valence-electron chi connectivity index (χ0n) is 24.1. The molecule has 2 unspecified atom stereocenters. The zero-order valence-corrected chi connectivity index (χ0v) is 24.9. The van der Waals surface area contributed by atoms with Crippen LogP contribution in [0.5, 0.6) is 0 Å². The highest BCUT2D eigenvalue weighted by atomic mass is 35.5. The minimum atomic E-state index is 0.769. The highest BCUT2D eigenvalue weighted by Crippen LogP contribution is 2.49. The summed E-state index contributed by atoms with van der Waals surface area (Å²) in [6, 6.07) is 42.6. The monoisotopic (exact) mass is 564 g/mol. The maximum absolute atomic E-state index is 6.09. The molecule has 2 atom stereocenters. The Kier molecular flexibility index (Phi) is 6.76. The van der Waals surface area contributed by atoms with Crippen molar-refractivity contribution < 1.29 is 0 Å². The van der Waals surface area contributed by atoms with Crippen LogP contribution in [0.15, 0.2) is 115 Å². The predicted molar refractivity (Wildman–Crippen MR) is 178 cm³/mol. The van der Waals surface area contributed by atoms with Gasteiger partial charge in [-0.2, -0.15) is 0 Å². The van der Waals surface area contributed by atoms with Crippen LogP contribution in [0.3, 0.4) is 0 Å². The van der Waals surface area contributed by atoms with Gasteiger partial charge in [0.25, 0.3) is 0 Å². The largest absolute Gasteiger partial charge is 0.0843 e. The molecule has 9 rings (SSSR count). The Labute approximate surface area is 255 Å². The van der Waals surface area contributed by atoms with E-state index in [0.29, 0.717) is 0 Å². The van der Waals surface area contributed by atoms with Gasteiger partial charge in [-0.1, -0.05) is 115 Å². The van der Waals surface area contributed by atoms with E-state index in [-0.39, 0.29) is 0 Å². The Bertz CT molecular complexity index is 1700. The van der Waals surface area contributed by atoms with Gasteiger partial charge in [0.05, 0.1) is 0 Å². The summed E-state index contributed by atoms with van der Waals surface area (Å²) < 4.78 is 0. The third-order valence-electron chi connectivity index (χ3n) is 10.4. The molecule has 4 aliphatic carbocycles. The van der Waals surface area contributed by atoms with Crippen molar-refractivity contribution in [2.45, 2.75) is 44.9 Å². The lowest BCUT2D eigenvalue weighted by Gasteiger charge is -2.42. The lowest BCUT2D eigenvalue weighted by Crippen LogP contribution is -2.32. The SMILES string of the molecule is Clc1ccc(-c2ccc(-c3ccc(-c4cccc5c4-c4ccccc4CC4CC6CC(C5)CC(C4)C6)cc3)cc2)cc1. The molecule has 0 aliphatic heterocycles. The molecular weight excluding hydrogens is 528 g/mol. The van der Waals surface area contributed by atoms with Gasteiger partial charge in [-0.25, -0.2) is 0 Å². The molecule has 0 aromatic heterocycles. The molecule has 1 heteroatoms. The van der Waals surface area contributed by atoms with Crippen molar-refractivity contribution in [3.63, 3.8) is 0 Å². The first kappa shape index (κ1) is 26.1. The van der Waals surface area contributed by atoms with Crippen LogP contribution in [0.1, 0.15) is 43.2 Å². The molecule has 5 aromatic carbocycles. The summed E-state index contributed by atoms with van der Waals surface area (Å²) in [6.45, 7) is 0. The van der Waals surface area contributed by atoms with Crippen molar-refractivity contribution >= 4 is 11.6 Å². The van der Waals surface area contributed by atoms with Crippen LogP contribution in [0.2, 0.25) is 5.02 Å². The minimum absolute atomic E-state index is 0.769. The van der Waals surface area contributed by atoms with Crippen LogP contribution < -0.4 is 0 Å². The van der Waals surface area contributed by atoms with Crippen molar-refractivity contribution in [1.29, 1.82) is 0 Å². The molecule has 0 heterocycles. The molecule has 42 heavy (non-hydrogen) atoms. The fourth-order valence-electron chi connectivity index (χ4n) is 8.69. The van der Waals surface area contributed by atoms with E-state index in [0.717, 1.165) is 28.7 Å². The zero-order chi connectivity index (χ0) is 28.0. The summed E-state index contributed by atoms with van der Waals surface area (Å²) in [5.74, 6) is 3.55. The second-order valence-corrected chi connectivity index (χ2v) is 13.6. The standard InChI is InChI=1S/C41H37Cl/c42-38-18-16-34(17-19-38)32-10-8-31(9-11-32)33-12-14-35(15-13-33)39-7-3-5-37-26-30-23-27-20-28(24-30)22-29(21-27)25-36-4-1-2-6-40(36)41(37)39/h1-19,27-30H,20-26H2. The third kappa shape index (κ3) is 5.01. The van der Waals surface area contributed by atoms with E-state index < -0.39 is 0 Å². The highest BCUT2D eigenvalue weighted by Gasteiger charge is 2.37. The smallest absolute Gasteiger partial charge is 0.0406 e. The van der Waals surface area contributed by atoms with Gasteiger partial charge in [-0.05, 0) is 136 Å². The maximum Gasteiger partial charge on any atom is 0.0406 e. The average molecular weight is 565 g/mol. The number of rotatable bonds is 3. The van der Waals surface area contributed by atoms with Gasteiger partial charge in [0, 0.05) is 5.02 Å². The summed E-state index contributed by atoms with van der Waals surface area (Å²) in [6.07, 6.45) is 9.66. The number of hydrogen-bond donors (Lipinski definition) is 0. The van der Waals surface area contributed by atoms with E-state index in [1.807, 2.05) is 12.1 Å². The highest BCUT2D eigenvalue weighted by molar-refractivity contribution is 6.30. The van der Waals surface area contributed by atoms with E-state index >= 15 is 0 Å². The van der Waals surface area contributed by atoms with Gasteiger partial charge < -0.3 is 0 Å². The van der Waals surface area contributed by atoms with E-state index in [9.17, 15) is 0 Å². The molecular formula is C41H37Cl. The van der Waals surface area contributed by atoms with Crippen molar-refractivity contribution in [3.05, 3.63) is 131 Å². The Morgan fingerprint density at radius 2 is 0.810 bits per heavy atom. The molecule has 5 aromatic rings. The van der Waals surface area contributed by atoms with Crippen molar-refractivity contribution in [1.82, 2.24) is 0 Å². The molecule has 4 aliphatic rings. The quantitative estimate of drug-likeness (QED) is 0.204. The van der Waals surface area contributed by atoms with Crippen LogP contribution in [0.4, 0.5) is 0 Å². The Morgan fingerprint density at radius 3 is 1.40 bits per heavy atom. The van der Waals surface area contributed by atoms with Crippen molar-refractivity contribution in [3.8, 4) is 44.5 Å². The molecule has 0 saturated heterocycles. The Hall–Kier alpha value is -3.61. The second-order valence-electron chi connectivity index (χ2n) is 13.2. The molecule has 4 bridgehead atoms. The number of hydrogen-bond acceptors (Lipinski definition) is 0. The summed E-state index contributed by atoms with van der Waals surface area (Å²) in [5, 5.41) is 0.769. The van der Waals surface area contributed by atoms with Gasteiger partial charge in [0.15, 0.2) is 0 Å². The molecule has 0 N–H and O–H groups in total. The van der Waals surface area contributed by atoms with E-state index in [4.69, 9.17) is 11.6 Å². The molecule has 0 radical (unpaired) electrons. The molecule has 2 saturated carbocycles. The Balaban J connectivity index is 1.16. The van der Waals surface area contributed by atoms with Gasteiger partial charge in [-0.3, -0.25) is 0 Å². The van der Waals surface area contributed by atoms with Gasteiger partial charge in [0.2, 0.25) is 0 Å². The third-order valence-corrected chi connectivity index (χ3v) is 10.6. The lowest BCUT2D eigenvalue weighted by atomic mass is 9.63. The van der Waals surface area contributed by atoms with E-state index in [2.05, 4.69) is 103 Å². The van der Waals surface area contributed by atoms with Gasteiger partial charge >= 0.3 is 0 Å². The van der Waals surface area contributed by atoms with Crippen molar-refractivity contribution in [2.75, 3.05) is 0 Å². The summed E-state index contributed by atoms with van der Waals surface area (Å²) in [7, 11) is 0. The van der Waals surface area contributed by atoms with Gasteiger partial charge in [0.1, 0.15) is 0 Å². The molecule has 208 valence electrons. The van der Waals surface area contributed by atoms with Crippen LogP contribution in [0.25, 0.3) is 44.5 Å². The molecule has 0 spiro atoms. The molecule has 2 fully saturated rings. The lowest BCUT2D eigenvalue weighted by molar-refractivity contribution is 0.0973. The molecule has 0 nitrogen and oxygen atoms in total. The first-order chi connectivity index (χ1) is 20.7. The summed E-state index contributed by atoms with van der Waals surface area (Å²) >= 11 is 6.09. The van der Waals surface area contributed by atoms with Crippen LogP contribution in [-0.2, 0) is 12.8 Å². The predicted octanol–water partition coefficient (Wildman–Crippen LogP) is 11.5. The fraction of sp³-hybridized carbons (Fsp3) is 0.268. The van der Waals surface area contributed by atoms with Gasteiger partial charge in [-0.15, -0.1) is 0 Å². The normalized spacial score (nSPS) is 22.7. The van der Waals surface area contributed by atoms with Crippen LogP contribution >= 0.6 is 11.6 Å². The van der Waals surface area contributed by atoms with E-state index in [1.165, 1.54) is 89.5 Å². The second kappa shape index (κ2) is 10.9. The van der Waals surface area contributed by atoms with Crippen molar-refractivity contribution in [2.24, 2.45) is 23.7 Å². The van der Waals surface area contributed by atoms with Crippen LogP contribution in [0, 0.1) is 23.7 Å². The number of benzene rings is 5. The summed E-state index contributed by atoms with van der Waals surface area (Å²) in [4.78, 5) is 0. The average Bonchev–Trinajstić information content (AvgIpc) is 3.04. The van der Waals surface area contributed by atoms with E-state index in [1.54, 1.807) is 11.1 Å². The Morgan fingerprint density at radius 1 is 0.381 bits per heavy atom. The first-order valence-corrected chi connectivity index (χ1v) is 16.2. The van der Waals surface area contributed by atoms with Crippen LogP contribution in [-0.4, -0.2) is 0 Å². The molecule has 0 amide bonds. The number of halogens is 1. The minimum Gasteiger partial charge on any atom is -0.0843 e. The maximum atomic E-state index is 6.09. The summed E-state index contributed by atoms with van der Waals surface area (Å²) in [5.41, 5.74) is 13.6. The first-order valence-electron chi connectivity index (χ1n) is 15.8. The fourth-order valence-corrected chi connectivity index (χ4v) is 8.82. The topological polar surface area (TPSA) is 0 Å².